The van der Waals surface area contributed by atoms with Gasteiger partial charge in [0.2, 0.25) is 9.30 Å². The quantitative estimate of drug-likeness (QED) is 0.576. The molecular formula is C16H10F2N4O2S2. The number of fused-ring (bicyclic) bond motifs is 1. The summed E-state index contributed by atoms with van der Waals surface area (Å²) in [6.07, 6.45) is 1.70. The van der Waals surface area contributed by atoms with Gasteiger partial charge in [-0.15, -0.1) is 5.10 Å². The number of rotatable bonds is 4. The first kappa shape index (κ1) is 16.8. The highest BCUT2D eigenvalue weighted by atomic mass is 32.2. The van der Waals surface area contributed by atoms with Gasteiger partial charge in [-0.25, -0.2) is 27.6 Å². The molecule has 2 aromatic heterocycles. The Labute approximate surface area is 152 Å². The zero-order valence-electron chi connectivity index (χ0n) is 12.9. The second-order valence-electron chi connectivity index (χ2n) is 5.22. The van der Waals surface area contributed by atoms with Crippen LogP contribution in [0.3, 0.4) is 0 Å². The van der Waals surface area contributed by atoms with Crippen LogP contribution < -0.4 is 9.88 Å². The molecule has 0 amide bonds. The molecule has 1 atom stereocenters. The standard InChI is InChI=1S/C16H10F2N4O2S2/c17-12-6-5-11(7-13(12)18)24-10-3-1-9(2-4-10)14-8-22-15(20-14)25-16(21-22)26(19)23/h1-8H,19H2. The van der Waals surface area contributed by atoms with Crippen molar-refractivity contribution in [2.45, 2.75) is 4.34 Å². The molecule has 4 aromatic rings. The Bertz CT molecular complexity index is 1090. The number of hydrogen-bond acceptors (Lipinski definition) is 5. The van der Waals surface area contributed by atoms with Gasteiger partial charge in [-0.1, -0.05) is 11.3 Å². The van der Waals surface area contributed by atoms with Crippen molar-refractivity contribution in [3.8, 4) is 22.8 Å². The number of benzene rings is 2. The van der Waals surface area contributed by atoms with Gasteiger partial charge in [0.05, 0.1) is 11.9 Å². The zero-order valence-corrected chi connectivity index (χ0v) is 14.6. The summed E-state index contributed by atoms with van der Waals surface area (Å²) in [5.74, 6) is -1.23. The van der Waals surface area contributed by atoms with Crippen LogP contribution in [-0.4, -0.2) is 18.8 Å². The highest BCUT2D eigenvalue weighted by Gasteiger charge is 2.12. The van der Waals surface area contributed by atoms with Crippen LogP contribution in [0, 0.1) is 11.6 Å². The summed E-state index contributed by atoms with van der Waals surface area (Å²) < 4.78 is 44.7. The second-order valence-corrected chi connectivity index (χ2v) is 7.42. The first-order chi connectivity index (χ1) is 12.5. The summed E-state index contributed by atoms with van der Waals surface area (Å²) in [5.41, 5.74) is 1.49. The maximum absolute atomic E-state index is 13.2. The van der Waals surface area contributed by atoms with Gasteiger partial charge in [-0.2, -0.15) is 0 Å². The van der Waals surface area contributed by atoms with Crippen LogP contribution in [-0.2, 0) is 11.0 Å². The average molecular weight is 392 g/mol. The maximum atomic E-state index is 13.2. The van der Waals surface area contributed by atoms with Crippen LogP contribution in [0.4, 0.5) is 8.78 Å². The lowest BCUT2D eigenvalue weighted by atomic mass is 10.1. The van der Waals surface area contributed by atoms with E-state index in [1.54, 1.807) is 30.5 Å². The summed E-state index contributed by atoms with van der Waals surface area (Å²) in [6, 6.07) is 10.3. The Hall–Kier alpha value is -2.69. The van der Waals surface area contributed by atoms with Gasteiger partial charge in [-0.3, -0.25) is 0 Å². The minimum absolute atomic E-state index is 0.200. The largest absolute Gasteiger partial charge is 0.457 e. The van der Waals surface area contributed by atoms with E-state index in [4.69, 9.17) is 9.88 Å². The van der Waals surface area contributed by atoms with Crippen molar-refractivity contribution in [1.82, 2.24) is 14.6 Å². The fraction of sp³-hybridized carbons (Fsp3) is 0. The summed E-state index contributed by atoms with van der Waals surface area (Å²) in [4.78, 5) is 5.00. The Morgan fingerprint density at radius 1 is 1.08 bits per heavy atom. The molecule has 2 N–H and O–H groups in total. The Kier molecular flexibility index (Phi) is 4.23. The maximum Gasteiger partial charge on any atom is 0.219 e. The van der Waals surface area contributed by atoms with Gasteiger partial charge in [0.25, 0.3) is 0 Å². The van der Waals surface area contributed by atoms with E-state index in [0.717, 1.165) is 29.0 Å². The van der Waals surface area contributed by atoms with E-state index in [1.165, 1.54) is 10.6 Å². The van der Waals surface area contributed by atoms with Gasteiger partial charge in [-0.05, 0) is 36.4 Å². The van der Waals surface area contributed by atoms with Crippen LogP contribution in [0.15, 0.2) is 53.0 Å². The number of halogens is 2. The van der Waals surface area contributed by atoms with E-state index in [9.17, 15) is 13.0 Å². The summed E-state index contributed by atoms with van der Waals surface area (Å²) in [5, 5.41) is 9.41. The van der Waals surface area contributed by atoms with Crippen molar-refractivity contribution in [3.05, 3.63) is 60.3 Å². The molecule has 0 radical (unpaired) electrons. The van der Waals surface area contributed by atoms with E-state index in [1.807, 2.05) is 0 Å². The number of aromatic nitrogens is 3. The van der Waals surface area contributed by atoms with E-state index < -0.39 is 22.6 Å². The molecule has 0 aliphatic carbocycles. The molecule has 4 rings (SSSR count). The van der Waals surface area contributed by atoms with Crippen LogP contribution in [0.2, 0.25) is 0 Å². The highest BCUT2D eigenvalue weighted by molar-refractivity contribution is 7.85. The van der Waals surface area contributed by atoms with Gasteiger partial charge in [0, 0.05) is 11.6 Å². The third-order valence-corrected chi connectivity index (χ3v) is 5.36. The lowest BCUT2D eigenvalue weighted by Crippen LogP contribution is -2.02. The lowest BCUT2D eigenvalue weighted by Gasteiger charge is -2.06. The van der Waals surface area contributed by atoms with Crippen molar-refractivity contribution >= 4 is 27.3 Å². The van der Waals surface area contributed by atoms with E-state index >= 15 is 0 Å². The summed E-state index contributed by atoms with van der Waals surface area (Å²) in [7, 11) is -1.64. The van der Waals surface area contributed by atoms with Crippen molar-refractivity contribution in [2.24, 2.45) is 5.14 Å². The van der Waals surface area contributed by atoms with E-state index in [0.29, 0.717) is 20.7 Å². The molecule has 0 saturated carbocycles. The molecule has 1 unspecified atom stereocenters. The first-order valence-corrected chi connectivity index (χ1v) is 9.28. The van der Waals surface area contributed by atoms with Crippen LogP contribution in [0.1, 0.15) is 0 Å². The SMILES string of the molecule is NS(=O)c1nn2cc(-c3ccc(Oc4ccc(F)c(F)c4)cc3)nc2s1. The minimum Gasteiger partial charge on any atom is -0.457 e. The van der Waals surface area contributed by atoms with Gasteiger partial charge in [0.1, 0.15) is 11.5 Å². The average Bonchev–Trinajstić information content (AvgIpc) is 3.18. The first-order valence-electron chi connectivity index (χ1n) is 7.25. The third kappa shape index (κ3) is 3.21. The smallest absolute Gasteiger partial charge is 0.219 e. The Morgan fingerprint density at radius 3 is 2.46 bits per heavy atom. The Balaban J connectivity index is 1.56. The normalized spacial score (nSPS) is 12.4. The van der Waals surface area contributed by atoms with E-state index in [2.05, 4.69) is 10.1 Å². The highest BCUT2D eigenvalue weighted by Crippen LogP contribution is 2.27. The lowest BCUT2D eigenvalue weighted by molar-refractivity contribution is 0.461. The molecule has 0 saturated heterocycles. The van der Waals surface area contributed by atoms with Gasteiger partial charge < -0.3 is 4.74 Å². The third-order valence-electron chi connectivity index (χ3n) is 3.47. The van der Waals surface area contributed by atoms with Gasteiger partial charge >= 0.3 is 0 Å². The van der Waals surface area contributed by atoms with Gasteiger partial charge in [0.15, 0.2) is 22.6 Å². The summed E-state index contributed by atoms with van der Waals surface area (Å²) in [6.45, 7) is 0. The molecular weight excluding hydrogens is 382 g/mol. The molecule has 0 aliphatic heterocycles. The molecule has 2 heterocycles. The number of hydrogen-bond donors (Lipinski definition) is 1. The minimum atomic E-state index is -1.64. The van der Waals surface area contributed by atoms with Crippen molar-refractivity contribution < 1.29 is 17.7 Å². The number of imidazole rings is 1. The van der Waals surface area contributed by atoms with Crippen LogP contribution in [0.25, 0.3) is 16.2 Å². The Morgan fingerprint density at radius 2 is 1.81 bits per heavy atom. The predicted molar refractivity (Wildman–Crippen MR) is 93.3 cm³/mol. The fourth-order valence-corrected chi connectivity index (χ4v) is 3.61. The molecule has 0 spiro atoms. The second kappa shape index (κ2) is 6.56. The molecule has 0 fully saturated rings. The molecule has 10 heteroatoms. The summed E-state index contributed by atoms with van der Waals surface area (Å²) >= 11 is 1.15. The van der Waals surface area contributed by atoms with E-state index in [-0.39, 0.29) is 5.75 Å². The molecule has 26 heavy (non-hydrogen) atoms. The molecule has 6 nitrogen and oxygen atoms in total. The van der Waals surface area contributed by atoms with Crippen LogP contribution in [0.5, 0.6) is 11.5 Å². The molecule has 0 aliphatic rings. The molecule has 2 aromatic carbocycles. The monoisotopic (exact) mass is 392 g/mol. The zero-order chi connectivity index (χ0) is 18.3. The predicted octanol–water partition coefficient (Wildman–Crippen LogP) is 3.51. The molecule has 0 bridgehead atoms. The number of nitrogens with zero attached hydrogens (tertiary/aromatic N) is 3. The molecule has 132 valence electrons. The van der Waals surface area contributed by atoms with Crippen LogP contribution >= 0.6 is 11.3 Å². The number of nitrogens with two attached hydrogens (primary N) is 1. The van der Waals surface area contributed by atoms with Crippen molar-refractivity contribution in [3.63, 3.8) is 0 Å². The fourth-order valence-electron chi connectivity index (χ4n) is 2.27. The topological polar surface area (TPSA) is 82.5 Å². The van der Waals surface area contributed by atoms with Crippen molar-refractivity contribution in [2.75, 3.05) is 0 Å². The van der Waals surface area contributed by atoms with Crippen molar-refractivity contribution in [1.29, 1.82) is 0 Å². The number of ether oxygens (including phenoxy) is 1.